The average Bonchev–Trinajstić information content (AvgIpc) is 3.15. The fourth-order valence-electron chi connectivity index (χ4n) is 3.36. The maximum absolute atomic E-state index is 11.9. The third kappa shape index (κ3) is 8.79. The monoisotopic (exact) mass is 440 g/mol. The predicted octanol–water partition coefficient (Wildman–Crippen LogP) is 1.37. The summed E-state index contributed by atoms with van der Waals surface area (Å²) >= 11 is 0. The van der Waals surface area contributed by atoms with Crippen LogP contribution in [-0.2, 0) is 4.79 Å². The van der Waals surface area contributed by atoms with Crippen molar-refractivity contribution < 1.29 is 4.79 Å². The van der Waals surface area contributed by atoms with E-state index in [4.69, 9.17) is 0 Å². The van der Waals surface area contributed by atoms with Gasteiger partial charge in [-0.25, -0.2) is 9.97 Å². The molecule has 0 saturated carbocycles. The molecule has 0 aromatic carbocycles. The third-order valence-electron chi connectivity index (χ3n) is 4.90. The topological polar surface area (TPSA) is 73.4 Å². The highest BCUT2D eigenvalue weighted by atomic mass is 35.5. The summed E-state index contributed by atoms with van der Waals surface area (Å²) in [4.78, 5) is 25.1. The zero-order valence-corrected chi connectivity index (χ0v) is 18.0. The molecular weight excluding hydrogens is 411 g/mol. The fraction of sp³-hybridized carbons (Fsp3) is 0.706. The van der Waals surface area contributed by atoms with E-state index >= 15 is 0 Å². The predicted molar refractivity (Wildman–Crippen MR) is 116 cm³/mol. The maximum Gasteiger partial charge on any atom is 0.225 e. The van der Waals surface area contributed by atoms with Crippen LogP contribution < -0.4 is 15.5 Å². The number of carbonyl (C=O) groups is 1. The number of amides is 1. The zero-order chi connectivity index (χ0) is 16.6. The van der Waals surface area contributed by atoms with Gasteiger partial charge in [0.2, 0.25) is 11.9 Å². The summed E-state index contributed by atoms with van der Waals surface area (Å²) < 4.78 is 0. The summed E-state index contributed by atoms with van der Waals surface area (Å²) in [7, 11) is 0. The molecule has 0 radical (unpaired) electrons. The van der Waals surface area contributed by atoms with Gasteiger partial charge in [0.15, 0.2) is 0 Å². The Balaban J connectivity index is 0.00000225. The summed E-state index contributed by atoms with van der Waals surface area (Å²) in [5.41, 5.74) is 0. The highest BCUT2D eigenvalue weighted by molar-refractivity contribution is 5.86. The molecule has 2 saturated heterocycles. The number of nitrogens with one attached hydrogen (secondary N) is 2. The molecule has 2 aliphatic rings. The van der Waals surface area contributed by atoms with Gasteiger partial charge in [-0.3, -0.25) is 9.69 Å². The first-order chi connectivity index (χ1) is 11.8. The minimum Gasteiger partial charge on any atom is -0.355 e. The second-order valence-corrected chi connectivity index (χ2v) is 6.62. The van der Waals surface area contributed by atoms with Crippen molar-refractivity contribution in [2.45, 2.75) is 19.3 Å². The highest BCUT2D eigenvalue weighted by Crippen LogP contribution is 2.14. The Morgan fingerprint density at radius 2 is 1.85 bits per heavy atom. The van der Waals surface area contributed by atoms with E-state index in [1.807, 2.05) is 6.07 Å². The number of aromatic nitrogens is 2. The molecule has 0 aliphatic carbocycles. The summed E-state index contributed by atoms with van der Waals surface area (Å²) in [5.74, 6) is 1.69. The number of halogens is 3. The number of rotatable bonds is 7. The van der Waals surface area contributed by atoms with Gasteiger partial charge in [-0.05, 0) is 37.9 Å². The molecule has 1 amide bonds. The van der Waals surface area contributed by atoms with Crippen molar-refractivity contribution >= 4 is 49.1 Å². The number of hydrogen-bond acceptors (Lipinski definition) is 6. The molecule has 7 nitrogen and oxygen atoms in total. The lowest BCUT2D eigenvalue weighted by Gasteiger charge is -2.34. The Kier molecular flexibility index (Phi) is 13.7. The number of carbonyl (C=O) groups excluding carboxylic acids is 1. The smallest absolute Gasteiger partial charge is 0.225 e. The van der Waals surface area contributed by atoms with Crippen LogP contribution in [0, 0.1) is 5.92 Å². The van der Waals surface area contributed by atoms with E-state index < -0.39 is 0 Å². The Bertz CT molecular complexity index is 511. The SMILES string of the molecule is Cl.Cl.Cl.O=C(CCC1CCNC1)NCCN1CCN(c2ncccn2)CC1. The van der Waals surface area contributed by atoms with Crippen LogP contribution in [0.1, 0.15) is 19.3 Å². The number of anilines is 1. The molecule has 2 fully saturated rings. The minimum atomic E-state index is 0. The van der Waals surface area contributed by atoms with E-state index in [9.17, 15) is 4.79 Å². The van der Waals surface area contributed by atoms with E-state index in [1.165, 1.54) is 6.42 Å². The number of nitrogens with zero attached hydrogens (tertiary/aromatic N) is 4. The van der Waals surface area contributed by atoms with Crippen LogP contribution in [0.2, 0.25) is 0 Å². The first-order valence-corrected chi connectivity index (χ1v) is 9.03. The second kappa shape index (κ2) is 14.2. The highest BCUT2D eigenvalue weighted by Gasteiger charge is 2.19. The Morgan fingerprint density at radius 3 is 2.48 bits per heavy atom. The maximum atomic E-state index is 11.9. The van der Waals surface area contributed by atoms with Crippen LogP contribution in [-0.4, -0.2) is 73.1 Å². The molecule has 3 heterocycles. The van der Waals surface area contributed by atoms with Crippen LogP contribution in [0.15, 0.2) is 18.5 Å². The van der Waals surface area contributed by atoms with E-state index in [0.29, 0.717) is 12.3 Å². The number of hydrogen-bond donors (Lipinski definition) is 2. The van der Waals surface area contributed by atoms with E-state index in [2.05, 4.69) is 30.4 Å². The van der Waals surface area contributed by atoms with Gasteiger partial charge >= 0.3 is 0 Å². The zero-order valence-electron chi connectivity index (χ0n) is 15.5. The van der Waals surface area contributed by atoms with Gasteiger partial charge in [-0.2, -0.15) is 0 Å². The molecule has 2 aliphatic heterocycles. The van der Waals surface area contributed by atoms with E-state index in [0.717, 1.165) is 64.7 Å². The van der Waals surface area contributed by atoms with E-state index in [1.54, 1.807) is 12.4 Å². The molecule has 0 spiro atoms. The van der Waals surface area contributed by atoms with Gasteiger partial charge < -0.3 is 15.5 Å². The quantitative estimate of drug-likeness (QED) is 0.666. The van der Waals surface area contributed by atoms with Crippen molar-refractivity contribution in [3.8, 4) is 0 Å². The minimum absolute atomic E-state index is 0. The molecule has 1 unspecified atom stereocenters. The van der Waals surface area contributed by atoms with Gasteiger partial charge in [-0.15, -0.1) is 37.2 Å². The lowest BCUT2D eigenvalue weighted by Crippen LogP contribution is -2.49. The normalized spacial score (nSPS) is 19.4. The Hall–Kier alpha value is -0.860. The average molecular weight is 442 g/mol. The molecule has 2 N–H and O–H groups in total. The van der Waals surface area contributed by atoms with Crippen molar-refractivity contribution in [2.24, 2.45) is 5.92 Å². The van der Waals surface area contributed by atoms with Crippen molar-refractivity contribution in [1.29, 1.82) is 0 Å². The van der Waals surface area contributed by atoms with Crippen LogP contribution in [0.25, 0.3) is 0 Å². The molecule has 0 bridgehead atoms. The molecule has 156 valence electrons. The second-order valence-electron chi connectivity index (χ2n) is 6.62. The van der Waals surface area contributed by atoms with E-state index in [-0.39, 0.29) is 43.1 Å². The van der Waals surface area contributed by atoms with Gasteiger partial charge in [-0.1, -0.05) is 0 Å². The number of piperazine rings is 1. The molecule has 1 atom stereocenters. The van der Waals surface area contributed by atoms with Crippen LogP contribution in [0.5, 0.6) is 0 Å². The summed E-state index contributed by atoms with van der Waals surface area (Å²) in [5, 5.41) is 6.40. The Labute approximate surface area is 180 Å². The molecule has 10 heteroatoms. The first-order valence-electron chi connectivity index (χ1n) is 9.03. The van der Waals surface area contributed by atoms with Gasteiger partial charge in [0.1, 0.15) is 0 Å². The fourth-order valence-corrected chi connectivity index (χ4v) is 3.36. The van der Waals surface area contributed by atoms with Crippen LogP contribution in [0.3, 0.4) is 0 Å². The Morgan fingerprint density at radius 1 is 1.15 bits per heavy atom. The molecule has 1 aromatic rings. The molecular formula is C17H31Cl3N6O. The third-order valence-corrected chi connectivity index (χ3v) is 4.90. The summed E-state index contributed by atoms with van der Waals surface area (Å²) in [6.45, 7) is 7.68. The van der Waals surface area contributed by atoms with Gasteiger partial charge in [0.25, 0.3) is 0 Å². The van der Waals surface area contributed by atoms with Crippen LogP contribution in [0.4, 0.5) is 5.95 Å². The van der Waals surface area contributed by atoms with Gasteiger partial charge in [0.05, 0.1) is 0 Å². The first kappa shape index (κ1) is 26.1. The summed E-state index contributed by atoms with van der Waals surface area (Å²) in [6, 6.07) is 1.84. The largest absolute Gasteiger partial charge is 0.355 e. The van der Waals surface area contributed by atoms with Gasteiger partial charge in [0, 0.05) is 58.1 Å². The van der Waals surface area contributed by atoms with Crippen molar-refractivity contribution in [2.75, 3.05) is 57.3 Å². The molecule has 3 rings (SSSR count). The molecule has 1 aromatic heterocycles. The van der Waals surface area contributed by atoms with Crippen LogP contribution >= 0.6 is 37.2 Å². The lowest BCUT2D eigenvalue weighted by molar-refractivity contribution is -0.121. The lowest BCUT2D eigenvalue weighted by atomic mass is 10.0. The molecule has 27 heavy (non-hydrogen) atoms. The van der Waals surface area contributed by atoms with Crippen molar-refractivity contribution in [3.63, 3.8) is 0 Å². The van der Waals surface area contributed by atoms with Crippen molar-refractivity contribution in [1.82, 2.24) is 25.5 Å². The van der Waals surface area contributed by atoms with Crippen molar-refractivity contribution in [3.05, 3.63) is 18.5 Å². The summed E-state index contributed by atoms with van der Waals surface area (Å²) in [6.07, 6.45) is 6.44. The standard InChI is InChI=1S/C17H28N6O.3ClH/c24-16(3-2-15-4-7-18-14-15)19-8-9-22-10-12-23(13-11-22)17-20-5-1-6-21-17;;;/h1,5-6,15,18H,2-4,7-14H2,(H,19,24);3*1H.